The minimum atomic E-state index is -0.747. The molecule has 1 heterocycles. The summed E-state index contributed by atoms with van der Waals surface area (Å²) in [4.78, 5) is 25.1. The van der Waals surface area contributed by atoms with Crippen LogP contribution in [0, 0.1) is 0 Å². The number of aliphatic hydroxyl groups is 1. The van der Waals surface area contributed by atoms with E-state index < -0.39 is 12.3 Å². The summed E-state index contributed by atoms with van der Waals surface area (Å²) in [6, 6.07) is 0. The van der Waals surface area contributed by atoms with Crippen LogP contribution in [0.3, 0.4) is 0 Å². The molecule has 2 unspecified atom stereocenters. The Morgan fingerprint density at radius 3 is 2.81 bits per heavy atom. The average molecular weight is 322 g/mol. The summed E-state index contributed by atoms with van der Waals surface area (Å²) in [5.41, 5.74) is 5.56. The van der Waals surface area contributed by atoms with Crippen LogP contribution < -0.4 is 11.1 Å². The third kappa shape index (κ3) is 7.08. The Morgan fingerprint density at radius 1 is 1.43 bits per heavy atom. The maximum atomic E-state index is 11.8. The molecule has 1 saturated heterocycles. The number of ether oxygens (including phenoxy) is 1. The summed E-state index contributed by atoms with van der Waals surface area (Å²) in [5.74, 6) is -0.296. The fraction of sp³-hybridized carbons (Fsp3) is 0.846. The topological polar surface area (TPSA) is 105 Å². The molecule has 122 valence electrons. The number of cyclic esters (lactones) is 1. The smallest absolute Gasteiger partial charge is 0.307 e. The van der Waals surface area contributed by atoms with Crippen molar-refractivity contribution in [2.45, 2.75) is 38.0 Å². The Morgan fingerprint density at radius 2 is 2.14 bits per heavy atom. The predicted molar refractivity (Wildman–Crippen MR) is 78.7 cm³/mol. The van der Waals surface area contributed by atoms with Gasteiger partial charge in [-0.1, -0.05) is 0 Å². The number of nitrogens with one attached hydrogen (secondary N) is 1. The summed E-state index contributed by atoms with van der Waals surface area (Å²) in [7, 11) is 0. The Balaban J connectivity index is 2.72. The van der Waals surface area contributed by atoms with Gasteiger partial charge >= 0.3 is 5.97 Å². The van der Waals surface area contributed by atoms with E-state index in [0.29, 0.717) is 32.4 Å². The zero-order valence-corrected chi connectivity index (χ0v) is 12.8. The van der Waals surface area contributed by atoms with Crippen LogP contribution in [0.2, 0.25) is 0 Å². The van der Waals surface area contributed by atoms with Gasteiger partial charge in [0.25, 0.3) is 0 Å². The van der Waals surface area contributed by atoms with Crippen LogP contribution in [0.4, 0.5) is 0 Å². The predicted octanol–water partition coefficient (Wildman–Crippen LogP) is -0.594. The minimum absolute atomic E-state index is 0.0662. The van der Waals surface area contributed by atoms with Gasteiger partial charge in [-0.3, -0.25) is 14.5 Å². The van der Waals surface area contributed by atoms with Crippen LogP contribution in [-0.4, -0.2) is 66.3 Å². The number of alkyl halides is 1. The number of amides is 1. The molecule has 0 saturated carbocycles. The second-order valence-corrected chi connectivity index (χ2v) is 5.36. The van der Waals surface area contributed by atoms with Crippen molar-refractivity contribution in [3.05, 3.63) is 0 Å². The molecule has 0 aromatic heterocycles. The SMILES string of the molecule is NCCN(CC(O)CCl)C1CNC(=O)CCCCC(=O)O1. The van der Waals surface area contributed by atoms with E-state index in [-0.39, 0.29) is 37.3 Å². The van der Waals surface area contributed by atoms with Crippen molar-refractivity contribution in [3.8, 4) is 0 Å². The Labute approximate surface area is 129 Å². The number of carbonyl (C=O) groups excluding carboxylic acids is 2. The highest BCUT2D eigenvalue weighted by Crippen LogP contribution is 2.09. The Kier molecular flexibility index (Phi) is 8.60. The first kappa shape index (κ1) is 18.2. The van der Waals surface area contributed by atoms with Crippen LogP contribution in [0.1, 0.15) is 25.7 Å². The van der Waals surface area contributed by atoms with E-state index >= 15 is 0 Å². The third-order valence-electron chi connectivity index (χ3n) is 3.22. The highest BCUT2D eigenvalue weighted by Gasteiger charge is 2.25. The van der Waals surface area contributed by atoms with Gasteiger partial charge in [0.1, 0.15) is 0 Å². The number of nitrogens with two attached hydrogens (primary N) is 1. The van der Waals surface area contributed by atoms with Gasteiger partial charge in [0.15, 0.2) is 6.23 Å². The lowest BCUT2D eigenvalue weighted by atomic mass is 10.2. The number of nitrogens with zero attached hydrogens (tertiary/aromatic N) is 1. The molecular weight excluding hydrogens is 298 g/mol. The normalized spacial score (nSPS) is 22.6. The minimum Gasteiger partial charge on any atom is -0.444 e. The molecule has 1 rings (SSSR count). The van der Waals surface area contributed by atoms with Gasteiger partial charge in [-0.15, -0.1) is 11.6 Å². The lowest BCUT2D eigenvalue weighted by Crippen LogP contribution is -2.51. The van der Waals surface area contributed by atoms with E-state index in [0.717, 1.165) is 0 Å². The van der Waals surface area contributed by atoms with Crippen LogP contribution in [0.15, 0.2) is 0 Å². The molecule has 1 aliphatic rings. The van der Waals surface area contributed by atoms with Crippen molar-refractivity contribution >= 4 is 23.5 Å². The van der Waals surface area contributed by atoms with E-state index in [1.165, 1.54) is 0 Å². The second-order valence-electron chi connectivity index (χ2n) is 5.05. The van der Waals surface area contributed by atoms with Gasteiger partial charge in [-0.05, 0) is 12.8 Å². The van der Waals surface area contributed by atoms with Crippen LogP contribution >= 0.6 is 11.6 Å². The number of hydrogen-bond donors (Lipinski definition) is 3. The van der Waals surface area contributed by atoms with Crippen molar-refractivity contribution in [3.63, 3.8) is 0 Å². The molecule has 1 amide bonds. The number of esters is 1. The number of carbonyl (C=O) groups is 2. The molecule has 0 aliphatic carbocycles. The number of hydrogen-bond acceptors (Lipinski definition) is 6. The Hall–Kier alpha value is -0.890. The summed E-state index contributed by atoms with van der Waals surface area (Å²) in [6.45, 7) is 1.19. The monoisotopic (exact) mass is 321 g/mol. The van der Waals surface area contributed by atoms with Gasteiger partial charge < -0.3 is 20.9 Å². The standard InChI is InChI=1S/C13H24ClN3O4/c14-7-10(18)9-17(6-5-15)12-8-16-11(19)3-1-2-4-13(20)21-12/h10,12,18H,1-9,15H2,(H,16,19). The highest BCUT2D eigenvalue weighted by molar-refractivity contribution is 6.18. The van der Waals surface area contributed by atoms with E-state index in [2.05, 4.69) is 5.32 Å². The van der Waals surface area contributed by atoms with E-state index in [1.54, 1.807) is 4.90 Å². The van der Waals surface area contributed by atoms with Gasteiger partial charge in [0, 0.05) is 38.4 Å². The first-order valence-electron chi connectivity index (χ1n) is 7.21. The average Bonchev–Trinajstić information content (AvgIpc) is 2.47. The van der Waals surface area contributed by atoms with Crippen molar-refractivity contribution in [1.29, 1.82) is 0 Å². The quantitative estimate of drug-likeness (QED) is 0.446. The molecule has 0 aromatic carbocycles. The summed E-state index contributed by atoms with van der Waals surface area (Å²) in [5, 5.41) is 12.4. The van der Waals surface area contributed by atoms with Crippen LogP contribution in [-0.2, 0) is 14.3 Å². The third-order valence-corrected chi connectivity index (χ3v) is 3.58. The van der Waals surface area contributed by atoms with E-state index in [9.17, 15) is 14.7 Å². The van der Waals surface area contributed by atoms with Crippen molar-refractivity contribution in [1.82, 2.24) is 10.2 Å². The fourth-order valence-corrected chi connectivity index (χ4v) is 2.24. The highest BCUT2D eigenvalue weighted by atomic mass is 35.5. The lowest BCUT2D eigenvalue weighted by molar-refractivity contribution is -0.161. The van der Waals surface area contributed by atoms with Crippen LogP contribution in [0.5, 0.6) is 0 Å². The molecule has 1 aliphatic heterocycles. The van der Waals surface area contributed by atoms with E-state index in [4.69, 9.17) is 22.1 Å². The largest absolute Gasteiger partial charge is 0.444 e. The number of rotatable bonds is 6. The number of halogens is 1. The zero-order chi connectivity index (χ0) is 15.7. The summed E-state index contributed by atoms with van der Waals surface area (Å²) in [6.07, 6.45) is 0.604. The molecule has 0 aromatic rings. The Bertz CT molecular complexity index is 343. The first-order valence-corrected chi connectivity index (χ1v) is 7.74. The van der Waals surface area contributed by atoms with Crippen molar-refractivity contribution in [2.75, 3.05) is 32.1 Å². The molecule has 0 spiro atoms. The molecule has 7 nitrogen and oxygen atoms in total. The van der Waals surface area contributed by atoms with Crippen LogP contribution in [0.25, 0.3) is 0 Å². The van der Waals surface area contributed by atoms with Gasteiger partial charge in [-0.2, -0.15) is 0 Å². The lowest BCUT2D eigenvalue weighted by Gasteiger charge is -2.32. The number of aliphatic hydroxyl groups excluding tert-OH is 1. The molecule has 4 N–H and O–H groups in total. The first-order chi connectivity index (χ1) is 10.1. The van der Waals surface area contributed by atoms with Gasteiger partial charge in [0.05, 0.1) is 12.6 Å². The summed E-state index contributed by atoms with van der Waals surface area (Å²) < 4.78 is 5.40. The summed E-state index contributed by atoms with van der Waals surface area (Å²) >= 11 is 5.61. The molecule has 8 heteroatoms. The molecular formula is C13H24ClN3O4. The van der Waals surface area contributed by atoms with Crippen molar-refractivity contribution in [2.24, 2.45) is 5.73 Å². The zero-order valence-electron chi connectivity index (χ0n) is 12.1. The van der Waals surface area contributed by atoms with Gasteiger partial charge in [0.2, 0.25) is 5.91 Å². The van der Waals surface area contributed by atoms with Crippen molar-refractivity contribution < 1.29 is 19.4 Å². The fourth-order valence-electron chi connectivity index (χ4n) is 2.14. The maximum absolute atomic E-state index is 11.8. The van der Waals surface area contributed by atoms with E-state index in [1.807, 2.05) is 0 Å². The molecule has 0 radical (unpaired) electrons. The molecule has 1 fully saturated rings. The second kappa shape index (κ2) is 9.94. The molecule has 2 atom stereocenters. The molecule has 21 heavy (non-hydrogen) atoms. The maximum Gasteiger partial charge on any atom is 0.307 e. The molecule has 0 bridgehead atoms. The van der Waals surface area contributed by atoms with Gasteiger partial charge in [-0.25, -0.2) is 0 Å².